The molecule has 6 heteroatoms. The molecule has 0 radical (unpaired) electrons. The zero-order chi connectivity index (χ0) is 9.23. The Labute approximate surface area is 72.3 Å². The molecular weight excluding hydrogens is 218 g/mol. The highest BCUT2D eigenvalue weighted by Gasteiger charge is 2.50. The minimum Gasteiger partial charge on any atom is -0.385 e. The summed E-state index contributed by atoms with van der Waals surface area (Å²) in [6.45, 7) is 2.48. The Kier molecular flexibility index (Phi) is 3.40. The lowest BCUT2D eigenvalue weighted by atomic mass is 10.1. The van der Waals surface area contributed by atoms with E-state index in [9.17, 15) is 10.1 Å². The van der Waals surface area contributed by atoms with Crippen molar-refractivity contribution in [2.75, 3.05) is 0 Å². The van der Waals surface area contributed by atoms with Crippen LogP contribution in [-0.2, 0) is 0 Å². The van der Waals surface area contributed by atoms with E-state index < -0.39 is 21.6 Å². The molecule has 0 bridgehead atoms. The molecule has 0 aliphatic rings. The third-order valence-corrected chi connectivity index (χ3v) is 3.07. The average molecular weight is 228 g/mol. The van der Waals surface area contributed by atoms with E-state index >= 15 is 0 Å². The van der Waals surface area contributed by atoms with Crippen LogP contribution in [0.5, 0.6) is 0 Å². The van der Waals surface area contributed by atoms with E-state index in [1.165, 1.54) is 13.8 Å². The van der Waals surface area contributed by atoms with Crippen LogP contribution in [-0.4, -0.2) is 31.8 Å². The molecule has 0 aromatic heterocycles. The molecule has 0 aromatic rings. The number of aliphatic hydroxyl groups is 2. The molecule has 0 aromatic carbocycles. The standard InChI is InChI=1S/C5H10BrNO4/c1-3(8)5(6,4(2)9)7(10)11/h3-4,8-9H,1-2H3/t3-,4+,5?. The topological polar surface area (TPSA) is 83.6 Å². The number of hydrogen-bond acceptors (Lipinski definition) is 4. The van der Waals surface area contributed by atoms with Crippen LogP contribution in [0.1, 0.15) is 13.8 Å². The van der Waals surface area contributed by atoms with Crippen LogP contribution in [0.4, 0.5) is 0 Å². The summed E-state index contributed by atoms with van der Waals surface area (Å²) in [7, 11) is 0. The Morgan fingerprint density at radius 1 is 1.45 bits per heavy atom. The normalized spacial score (nSPS) is 21.9. The summed E-state index contributed by atoms with van der Waals surface area (Å²) in [5, 5.41) is 28.3. The summed E-state index contributed by atoms with van der Waals surface area (Å²) in [6, 6.07) is 0. The van der Waals surface area contributed by atoms with Crippen molar-refractivity contribution in [3.63, 3.8) is 0 Å². The molecule has 1 unspecified atom stereocenters. The van der Waals surface area contributed by atoms with Crippen LogP contribution in [0, 0.1) is 10.1 Å². The maximum Gasteiger partial charge on any atom is 0.324 e. The van der Waals surface area contributed by atoms with E-state index in [0.29, 0.717) is 0 Å². The summed E-state index contributed by atoms with van der Waals surface area (Å²) >= 11 is 2.68. The van der Waals surface area contributed by atoms with Gasteiger partial charge in [0.2, 0.25) is 0 Å². The fraction of sp³-hybridized carbons (Fsp3) is 1.00. The zero-order valence-corrected chi connectivity index (χ0v) is 7.78. The van der Waals surface area contributed by atoms with Crippen molar-refractivity contribution in [2.45, 2.75) is 30.5 Å². The van der Waals surface area contributed by atoms with Gasteiger partial charge in [0.1, 0.15) is 12.2 Å². The molecule has 0 aliphatic heterocycles. The van der Waals surface area contributed by atoms with Gasteiger partial charge in [-0.25, -0.2) is 0 Å². The van der Waals surface area contributed by atoms with Crippen LogP contribution in [0.15, 0.2) is 0 Å². The van der Waals surface area contributed by atoms with E-state index in [1.54, 1.807) is 0 Å². The van der Waals surface area contributed by atoms with Gasteiger partial charge in [-0.15, -0.1) is 0 Å². The second kappa shape index (κ2) is 3.46. The SMILES string of the molecule is C[C@H](O)C(Br)([C@@H](C)O)[N+](=O)[O-]. The van der Waals surface area contributed by atoms with Gasteiger partial charge in [0.05, 0.1) is 0 Å². The maximum atomic E-state index is 10.3. The molecule has 0 heterocycles. The van der Waals surface area contributed by atoms with Gasteiger partial charge in [-0.3, -0.25) is 10.1 Å². The van der Waals surface area contributed by atoms with Gasteiger partial charge in [0, 0.05) is 20.9 Å². The van der Waals surface area contributed by atoms with Gasteiger partial charge in [0.15, 0.2) is 0 Å². The Balaban J connectivity index is 4.67. The summed E-state index contributed by atoms with van der Waals surface area (Å²) < 4.78 is -1.85. The van der Waals surface area contributed by atoms with E-state index in [-0.39, 0.29) is 0 Å². The van der Waals surface area contributed by atoms with Gasteiger partial charge < -0.3 is 10.2 Å². The highest BCUT2D eigenvalue weighted by atomic mass is 79.9. The van der Waals surface area contributed by atoms with E-state index in [2.05, 4.69) is 15.9 Å². The lowest BCUT2D eigenvalue weighted by molar-refractivity contribution is -0.558. The maximum absolute atomic E-state index is 10.3. The first kappa shape index (κ1) is 10.8. The minimum atomic E-state index is -1.85. The lowest BCUT2D eigenvalue weighted by Gasteiger charge is -2.23. The predicted octanol–water partition coefficient (Wildman–Crippen LogP) is 0.116. The number of aliphatic hydroxyl groups excluding tert-OH is 2. The summed E-state index contributed by atoms with van der Waals surface area (Å²) in [5.74, 6) is 0. The Morgan fingerprint density at radius 2 is 1.73 bits per heavy atom. The van der Waals surface area contributed by atoms with Crippen molar-refractivity contribution in [2.24, 2.45) is 0 Å². The lowest BCUT2D eigenvalue weighted by Crippen LogP contribution is -2.50. The molecular formula is C5H10BrNO4. The van der Waals surface area contributed by atoms with Crippen molar-refractivity contribution in [1.82, 2.24) is 0 Å². The molecule has 0 saturated heterocycles. The molecule has 0 rings (SSSR count). The molecule has 5 nitrogen and oxygen atoms in total. The van der Waals surface area contributed by atoms with Gasteiger partial charge in [-0.1, -0.05) is 0 Å². The molecule has 66 valence electrons. The highest BCUT2D eigenvalue weighted by Crippen LogP contribution is 2.27. The Morgan fingerprint density at radius 3 is 1.73 bits per heavy atom. The van der Waals surface area contributed by atoms with E-state index in [4.69, 9.17) is 10.2 Å². The van der Waals surface area contributed by atoms with Crippen LogP contribution in [0.25, 0.3) is 0 Å². The highest BCUT2D eigenvalue weighted by molar-refractivity contribution is 9.10. The summed E-state index contributed by atoms with van der Waals surface area (Å²) in [5.41, 5.74) is 0. The molecule has 11 heavy (non-hydrogen) atoms. The van der Waals surface area contributed by atoms with Gasteiger partial charge >= 0.3 is 4.45 Å². The molecule has 0 amide bonds. The quantitative estimate of drug-likeness (QED) is 0.311. The number of nitro groups is 1. The van der Waals surface area contributed by atoms with Crippen LogP contribution >= 0.6 is 15.9 Å². The largest absolute Gasteiger partial charge is 0.385 e. The van der Waals surface area contributed by atoms with E-state index in [0.717, 1.165) is 0 Å². The smallest absolute Gasteiger partial charge is 0.324 e. The number of halogens is 1. The molecule has 0 fully saturated rings. The second-order valence-corrected chi connectivity index (χ2v) is 3.61. The molecule has 0 spiro atoms. The molecule has 3 atom stereocenters. The first-order valence-electron chi connectivity index (χ1n) is 3.03. The van der Waals surface area contributed by atoms with Crippen molar-refractivity contribution in [1.29, 1.82) is 0 Å². The van der Waals surface area contributed by atoms with Gasteiger partial charge in [0.25, 0.3) is 0 Å². The number of hydrogen-bond donors (Lipinski definition) is 2. The van der Waals surface area contributed by atoms with E-state index in [1.807, 2.05) is 0 Å². The zero-order valence-electron chi connectivity index (χ0n) is 6.19. The first-order valence-corrected chi connectivity index (χ1v) is 3.82. The monoisotopic (exact) mass is 227 g/mol. The third-order valence-electron chi connectivity index (χ3n) is 1.45. The van der Waals surface area contributed by atoms with Crippen molar-refractivity contribution < 1.29 is 15.1 Å². The number of rotatable bonds is 3. The molecule has 2 N–H and O–H groups in total. The molecule has 0 saturated carbocycles. The summed E-state index contributed by atoms with van der Waals surface area (Å²) in [6.07, 6.45) is -2.50. The summed E-state index contributed by atoms with van der Waals surface area (Å²) in [4.78, 5) is 9.60. The second-order valence-electron chi connectivity index (χ2n) is 2.34. The number of nitrogens with zero attached hydrogens (tertiary/aromatic N) is 1. The number of alkyl halides is 1. The van der Waals surface area contributed by atoms with Crippen LogP contribution < -0.4 is 0 Å². The van der Waals surface area contributed by atoms with Crippen LogP contribution in [0.3, 0.4) is 0 Å². The van der Waals surface area contributed by atoms with Gasteiger partial charge in [-0.05, 0) is 13.8 Å². The predicted molar refractivity (Wildman–Crippen MR) is 42.0 cm³/mol. The Hall–Kier alpha value is -0.200. The first-order chi connectivity index (χ1) is 4.83. The van der Waals surface area contributed by atoms with Crippen LogP contribution in [0.2, 0.25) is 0 Å². The Bertz CT molecular complexity index is 151. The third kappa shape index (κ3) is 1.88. The van der Waals surface area contributed by atoms with Gasteiger partial charge in [-0.2, -0.15) is 0 Å². The van der Waals surface area contributed by atoms with Crippen molar-refractivity contribution in [3.8, 4) is 0 Å². The van der Waals surface area contributed by atoms with Crippen molar-refractivity contribution in [3.05, 3.63) is 10.1 Å². The fourth-order valence-corrected chi connectivity index (χ4v) is 0.654. The van der Waals surface area contributed by atoms with Crippen molar-refractivity contribution >= 4 is 15.9 Å². The minimum absolute atomic E-state index is 0.748. The molecule has 0 aliphatic carbocycles. The average Bonchev–Trinajstić information content (AvgIpc) is 1.84. The fourth-order valence-electron chi connectivity index (χ4n) is 0.654.